The van der Waals surface area contributed by atoms with Gasteiger partial charge in [-0.1, -0.05) is 29.8 Å². The monoisotopic (exact) mass is 380 g/mol. The molecule has 0 atom stereocenters. The quantitative estimate of drug-likeness (QED) is 0.554. The molecule has 0 saturated carbocycles. The molecule has 2 rings (SSSR count). The molecule has 0 aliphatic rings. The van der Waals surface area contributed by atoms with Crippen LogP contribution in [0.5, 0.6) is 0 Å². The van der Waals surface area contributed by atoms with Crippen LogP contribution in [-0.4, -0.2) is 26.6 Å². The molecule has 0 heterocycles. The van der Waals surface area contributed by atoms with Crippen LogP contribution < -0.4 is 15.3 Å². The van der Waals surface area contributed by atoms with Crippen molar-refractivity contribution in [2.45, 2.75) is 11.8 Å². The zero-order valence-electron chi connectivity index (χ0n) is 13.2. The van der Waals surface area contributed by atoms with Crippen LogP contribution in [0.3, 0.4) is 0 Å². The third kappa shape index (κ3) is 5.56. The van der Waals surface area contributed by atoms with Crippen LogP contribution in [0.25, 0.3) is 0 Å². The third-order valence-electron chi connectivity index (χ3n) is 3.17. The van der Waals surface area contributed by atoms with Crippen LogP contribution in [0.2, 0.25) is 5.02 Å². The van der Waals surface area contributed by atoms with Gasteiger partial charge in [0.05, 0.1) is 28.8 Å². The predicted molar refractivity (Wildman–Crippen MR) is 93.9 cm³/mol. The number of sulfonamides is 1. The lowest BCUT2D eigenvalue weighted by Crippen LogP contribution is -2.37. The van der Waals surface area contributed by atoms with Crippen molar-refractivity contribution in [2.75, 3.05) is 12.0 Å². The van der Waals surface area contributed by atoms with E-state index >= 15 is 0 Å². The number of halogens is 1. The number of carbonyl (C=O) groups is 1. The van der Waals surface area contributed by atoms with E-state index in [9.17, 15) is 18.3 Å². The van der Waals surface area contributed by atoms with Gasteiger partial charge in [0, 0.05) is 5.02 Å². The lowest BCUT2D eigenvalue weighted by molar-refractivity contribution is -0.303. The number of carbonyl (C=O) groups excluding carboxylic acids is 1. The van der Waals surface area contributed by atoms with Crippen molar-refractivity contribution in [3.63, 3.8) is 0 Å². The number of hydrogen-bond donors (Lipinski definition) is 2. The summed E-state index contributed by atoms with van der Waals surface area (Å²) >= 11 is 5.89. The van der Waals surface area contributed by atoms with Gasteiger partial charge in [0.25, 0.3) is 0 Å². The highest BCUT2D eigenvalue weighted by atomic mass is 35.5. The van der Waals surface area contributed by atoms with Crippen molar-refractivity contribution < 1.29 is 18.3 Å². The first-order valence-electron chi connectivity index (χ1n) is 7.14. The Morgan fingerprint density at radius 2 is 1.88 bits per heavy atom. The van der Waals surface area contributed by atoms with Gasteiger partial charge in [0.2, 0.25) is 10.0 Å². The van der Waals surface area contributed by atoms with Crippen molar-refractivity contribution in [3.05, 3.63) is 59.1 Å². The molecule has 0 saturated heterocycles. The van der Waals surface area contributed by atoms with E-state index in [4.69, 9.17) is 11.6 Å². The number of anilines is 1. The minimum absolute atomic E-state index is 0.0481. The predicted octanol–water partition coefficient (Wildman–Crippen LogP) is 1.20. The lowest BCUT2D eigenvalue weighted by atomic mass is 10.1. The van der Waals surface area contributed by atoms with Crippen LogP contribution in [0.1, 0.15) is 12.5 Å². The normalized spacial score (nSPS) is 12.0. The number of benzene rings is 2. The van der Waals surface area contributed by atoms with Crippen LogP contribution in [-0.2, 0) is 14.8 Å². The maximum Gasteiger partial charge on any atom is 0.240 e. The number of nitrogens with one attached hydrogen (secondary N) is 2. The molecule has 0 aliphatic heterocycles. The first-order valence-corrected chi connectivity index (χ1v) is 9.00. The second-order valence-electron chi connectivity index (χ2n) is 5.04. The molecule has 0 fully saturated rings. The molecule has 0 amide bonds. The summed E-state index contributed by atoms with van der Waals surface area (Å²) in [5, 5.41) is 15.2. The van der Waals surface area contributed by atoms with Crippen molar-refractivity contribution >= 4 is 39.0 Å². The van der Waals surface area contributed by atoms with Crippen molar-refractivity contribution in [2.24, 2.45) is 5.10 Å². The van der Waals surface area contributed by atoms with Crippen LogP contribution in [0, 0.1) is 0 Å². The fraction of sp³-hybridized carbons (Fsp3) is 0.125. The first kappa shape index (κ1) is 18.9. The summed E-state index contributed by atoms with van der Waals surface area (Å²) in [6, 6.07) is 12.9. The van der Waals surface area contributed by atoms with Crippen molar-refractivity contribution in [1.29, 1.82) is 0 Å². The average molecular weight is 381 g/mol. The first-order chi connectivity index (χ1) is 11.8. The maximum absolute atomic E-state index is 11.9. The molecule has 2 N–H and O–H groups in total. The van der Waals surface area contributed by atoms with Crippen LogP contribution in [0.15, 0.2) is 58.5 Å². The standard InChI is InChI=1S/C16H16ClN3O4S/c1-11(19-20-14-4-2-3-13(17)9-14)12-5-7-15(8-6-12)25(23,24)18-10-16(21)22/h2-9,18,20H,10H2,1H3,(H,21,22)/p-1/b19-11-. The third-order valence-corrected chi connectivity index (χ3v) is 4.82. The Hall–Kier alpha value is -2.42. The van der Waals surface area contributed by atoms with Crippen molar-refractivity contribution in [1.82, 2.24) is 4.72 Å². The molecule has 0 bridgehead atoms. The molecule has 9 heteroatoms. The fourth-order valence-corrected chi connectivity index (χ4v) is 3.04. The van der Waals surface area contributed by atoms with E-state index < -0.39 is 22.5 Å². The van der Waals surface area contributed by atoms with E-state index in [0.29, 0.717) is 16.3 Å². The summed E-state index contributed by atoms with van der Waals surface area (Å²) in [5.74, 6) is -1.50. The molecule has 0 radical (unpaired) electrons. The second kappa shape index (κ2) is 8.11. The van der Waals surface area contributed by atoms with Crippen molar-refractivity contribution in [3.8, 4) is 0 Å². The summed E-state index contributed by atoms with van der Waals surface area (Å²) in [4.78, 5) is 10.3. The molecule has 0 unspecified atom stereocenters. The lowest BCUT2D eigenvalue weighted by Gasteiger charge is -2.08. The van der Waals surface area contributed by atoms with Crippen LogP contribution >= 0.6 is 11.6 Å². The van der Waals surface area contributed by atoms with Gasteiger partial charge >= 0.3 is 0 Å². The molecule has 25 heavy (non-hydrogen) atoms. The van der Waals surface area contributed by atoms with Gasteiger partial charge in [-0.25, -0.2) is 13.1 Å². The van der Waals surface area contributed by atoms with Gasteiger partial charge in [-0.15, -0.1) is 0 Å². The van der Waals surface area contributed by atoms with E-state index in [2.05, 4.69) is 10.5 Å². The van der Waals surface area contributed by atoms with Gasteiger partial charge in [-0.05, 0) is 42.8 Å². The van der Waals surface area contributed by atoms with E-state index in [-0.39, 0.29) is 4.90 Å². The average Bonchev–Trinajstić information content (AvgIpc) is 2.58. The number of hydrazone groups is 1. The second-order valence-corrected chi connectivity index (χ2v) is 7.24. The number of nitrogens with zero attached hydrogens (tertiary/aromatic N) is 1. The summed E-state index contributed by atoms with van der Waals surface area (Å²) in [6.07, 6.45) is 0. The summed E-state index contributed by atoms with van der Waals surface area (Å²) < 4.78 is 25.7. The topological polar surface area (TPSA) is 111 Å². The smallest absolute Gasteiger partial charge is 0.240 e. The van der Waals surface area contributed by atoms with Gasteiger partial charge < -0.3 is 9.90 Å². The SMILES string of the molecule is C/C(=N/Nc1cccc(Cl)c1)c1ccc(S(=O)(=O)NCC(=O)[O-])cc1. The molecule has 132 valence electrons. The molecule has 7 nitrogen and oxygen atoms in total. The summed E-state index contributed by atoms with van der Waals surface area (Å²) in [6.45, 7) is 0.976. The zero-order valence-corrected chi connectivity index (χ0v) is 14.8. The number of carboxylic acid groups (broad SMARTS) is 1. The van der Waals surface area contributed by atoms with E-state index in [1.165, 1.54) is 12.1 Å². The Kier molecular flexibility index (Phi) is 6.13. The number of rotatable bonds is 7. The number of aliphatic carboxylic acids is 1. The Bertz CT molecular complexity index is 896. The number of hydrogen-bond acceptors (Lipinski definition) is 6. The zero-order chi connectivity index (χ0) is 18.4. The molecular weight excluding hydrogens is 366 g/mol. The van der Waals surface area contributed by atoms with Gasteiger partial charge in [-0.2, -0.15) is 5.10 Å². The highest BCUT2D eigenvalue weighted by molar-refractivity contribution is 7.89. The van der Waals surface area contributed by atoms with Crippen LogP contribution in [0.4, 0.5) is 5.69 Å². The summed E-state index contributed by atoms with van der Waals surface area (Å²) in [7, 11) is -3.90. The molecule has 0 aliphatic carbocycles. The van der Waals surface area contributed by atoms with E-state index in [1.54, 1.807) is 43.3 Å². The molecule has 2 aromatic carbocycles. The Balaban J connectivity index is 2.10. The Labute approximate surface area is 150 Å². The maximum atomic E-state index is 11.9. The van der Waals surface area contributed by atoms with Gasteiger partial charge in [0.15, 0.2) is 0 Å². The van der Waals surface area contributed by atoms with E-state index in [1.807, 2.05) is 4.72 Å². The van der Waals surface area contributed by atoms with E-state index in [0.717, 1.165) is 5.69 Å². The largest absolute Gasteiger partial charge is 0.549 e. The Morgan fingerprint density at radius 3 is 2.48 bits per heavy atom. The number of carboxylic acids is 1. The summed E-state index contributed by atoms with van der Waals surface area (Å²) in [5.41, 5.74) is 4.92. The molecule has 0 aromatic heterocycles. The fourth-order valence-electron chi connectivity index (χ4n) is 1.88. The highest BCUT2D eigenvalue weighted by Gasteiger charge is 2.13. The minimum atomic E-state index is -3.90. The molecule has 0 spiro atoms. The highest BCUT2D eigenvalue weighted by Crippen LogP contribution is 2.15. The van der Waals surface area contributed by atoms with Gasteiger partial charge in [0.1, 0.15) is 0 Å². The minimum Gasteiger partial charge on any atom is -0.549 e. The molecular formula is C16H15ClN3O4S-. The molecule has 2 aromatic rings. The van der Waals surface area contributed by atoms with Gasteiger partial charge in [-0.3, -0.25) is 5.43 Å². The Morgan fingerprint density at radius 1 is 1.20 bits per heavy atom.